The molecule has 0 N–H and O–H groups in total. The molecule has 0 saturated heterocycles. The summed E-state index contributed by atoms with van der Waals surface area (Å²) in [5.41, 5.74) is 0.553. The summed E-state index contributed by atoms with van der Waals surface area (Å²) in [7, 11) is 0. The van der Waals surface area contributed by atoms with E-state index >= 15 is 0 Å². The Morgan fingerprint density at radius 1 is 0.556 bits per heavy atom. The largest absolute Gasteiger partial charge is 0.0654 e. The van der Waals surface area contributed by atoms with E-state index in [0.717, 1.165) is 17.8 Å². The van der Waals surface area contributed by atoms with Crippen molar-refractivity contribution in [2.45, 2.75) is 151 Å². The van der Waals surface area contributed by atoms with Crippen LogP contribution in [0.4, 0.5) is 0 Å². The van der Waals surface area contributed by atoms with Gasteiger partial charge in [-0.1, -0.05) is 138 Å². The minimum absolute atomic E-state index is 0.553. The van der Waals surface area contributed by atoms with Crippen LogP contribution in [0, 0.1) is 23.2 Å². The first kappa shape index (κ1) is 27.0. The van der Waals surface area contributed by atoms with Crippen molar-refractivity contribution in [2.24, 2.45) is 23.2 Å². The Labute approximate surface area is 174 Å². The molecule has 4 unspecified atom stereocenters. The minimum Gasteiger partial charge on any atom is -0.0654 e. The van der Waals surface area contributed by atoms with Gasteiger partial charge in [-0.2, -0.15) is 0 Å². The molecule has 0 heterocycles. The Morgan fingerprint density at radius 2 is 0.963 bits per heavy atom. The quantitative estimate of drug-likeness (QED) is 0.195. The molecular weight excluding hydrogens is 324 g/mol. The first-order chi connectivity index (χ1) is 12.9. The van der Waals surface area contributed by atoms with Crippen LogP contribution < -0.4 is 0 Å². The average Bonchev–Trinajstić information content (AvgIpc) is 2.67. The Bertz CT molecular complexity index is 307. The third kappa shape index (κ3) is 12.2. The summed E-state index contributed by atoms with van der Waals surface area (Å²) in [6.45, 7) is 17.3. The summed E-state index contributed by atoms with van der Waals surface area (Å²) >= 11 is 0. The molecule has 4 atom stereocenters. The summed E-state index contributed by atoms with van der Waals surface area (Å²) in [4.78, 5) is 0. The smallest absolute Gasteiger partial charge is 0.0298 e. The highest BCUT2D eigenvalue weighted by Crippen LogP contribution is 2.44. The third-order valence-corrected chi connectivity index (χ3v) is 7.75. The minimum atomic E-state index is 0.553. The lowest BCUT2D eigenvalue weighted by Gasteiger charge is -2.42. The molecule has 0 rings (SSSR count). The summed E-state index contributed by atoms with van der Waals surface area (Å²) in [6, 6.07) is 0. The molecule has 0 fully saturated rings. The zero-order valence-electron chi connectivity index (χ0n) is 20.5. The molecule has 0 radical (unpaired) electrons. The molecule has 0 aliphatic heterocycles. The number of hydrogen-bond acceptors (Lipinski definition) is 0. The fraction of sp³-hybridized carbons (Fsp3) is 1.00. The van der Waals surface area contributed by atoms with Gasteiger partial charge in [-0.05, 0) is 36.0 Å². The summed E-state index contributed by atoms with van der Waals surface area (Å²) in [5, 5.41) is 0. The van der Waals surface area contributed by atoms with E-state index in [1.165, 1.54) is 103 Å². The van der Waals surface area contributed by atoms with Crippen LogP contribution in [0.25, 0.3) is 0 Å². The van der Waals surface area contributed by atoms with E-state index in [9.17, 15) is 0 Å². The standard InChI is InChI=1S/C27H56/c1-8-11-14-17-20-23-27(7,22-19-16-13-10-3)26(6)25(5)24(4)21-18-15-12-9-2/h24-26H,8-23H2,1-7H3. The van der Waals surface area contributed by atoms with Crippen molar-refractivity contribution < 1.29 is 0 Å². The highest BCUT2D eigenvalue weighted by Gasteiger charge is 2.35. The van der Waals surface area contributed by atoms with Gasteiger partial charge in [0.15, 0.2) is 0 Å². The van der Waals surface area contributed by atoms with Gasteiger partial charge >= 0.3 is 0 Å². The summed E-state index contributed by atoms with van der Waals surface area (Å²) in [6.07, 6.45) is 22.8. The van der Waals surface area contributed by atoms with Gasteiger partial charge in [-0.25, -0.2) is 0 Å². The van der Waals surface area contributed by atoms with Crippen LogP contribution in [0.5, 0.6) is 0 Å². The first-order valence-corrected chi connectivity index (χ1v) is 12.9. The Kier molecular flexibility index (Phi) is 16.9. The van der Waals surface area contributed by atoms with Gasteiger partial charge in [0.05, 0.1) is 0 Å². The average molecular weight is 381 g/mol. The van der Waals surface area contributed by atoms with E-state index in [1.54, 1.807) is 0 Å². The fourth-order valence-electron chi connectivity index (χ4n) is 4.95. The van der Waals surface area contributed by atoms with Gasteiger partial charge in [-0.3, -0.25) is 0 Å². The van der Waals surface area contributed by atoms with Crippen molar-refractivity contribution in [3.8, 4) is 0 Å². The van der Waals surface area contributed by atoms with Crippen molar-refractivity contribution in [1.82, 2.24) is 0 Å². The monoisotopic (exact) mass is 380 g/mol. The predicted molar refractivity (Wildman–Crippen MR) is 126 cm³/mol. The summed E-state index contributed by atoms with van der Waals surface area (Å²) < 4.78 is 0. The molecule has 0 aromatic carbocycles. The van der Waals surface area contributed by atoms with Crippen LogP contribution in [0.15, 0.2) is 0 Å². The van der Waals surface area contributed by atoms with E-state index in [2.05, 4.69) is 48.5 Å². The lowest BCUT2D eigenvalue weighted by atomic mass is 9.63. The Morgan fingerprint density at radius 3 is 1.44 bits per heavy atom. The van der Waals surface area contributed by atoms with Gasteiger partial charge in [-0.15, -0.1) is 0 Å². The van der Waals surface area contributed by atoms with Gasteiger partial charge < -0.3 is 0 Å². The molecular formula is C27H56. The molecule has 164 valence electrons. The second-order valence-electron chi connectivity index (χ2n) is 10.1. The number of hydrogen-bond donors (Lipinski definition) is 0. The van der Waals surface area contributed by atoms with Gasteiger partial charge in [0.2, 0.25) is 0 Å². The predicted octanol–water partition coefficient (Wildman–Crippen LogP) is 10.2. The summed E-state index contributed by atoms with van der Waals surface area (Å²) in [5.74, 6) is 2.59. The molecule has 0 bridgehead atoms. The van der Waals surface area contributed by atoms with Crippen LogP contribution in [-0.2, 0) is 0 Å². The second-order valence-corrected chi connectivity index (χ2v) is 10.1. The lowest BCUT2D eigenvalue weighted by molar-refractivity contribution is 0.0813. The molecule has 0 aliphatic carbocycles. The van der Waals surface area contributed by atoms with Crippen molar-refractivity contribution in [1.29, 1.82) is 0 Å². The SMILES string of the molecule is CCCCCCCC(C)(CCCCCC)C(C)C(C)C(C)CCCCCC. The Hall–Kier alpha value is 0. The first-order valence-electron chi connectivity index (χ1n) is 12.9. The van der Waals surface area contributed by atoms with E-state index in [-0.39, 0.29) is 0 Å². The maximum atomic E-state index is 2.64. The van der Waals surface area contributed by atoms with E-state index in [0.29, 0.717) is 5.41 Å². The molecule has 0 aliphatic rings. The molecule has 0 aromatic rings. The number of unbranched alkanes of at least 4 members (excludes halogenated alkanes) is 10. The van der Waals surface area contributed by atoms with Crippen molar-refractivity contribution in [2.75, 3.05) is 0 Å². The van der Waals surface area contributed by atoms with Crippen molar-refractivity contribution >= 4 is 0 Å². The topological polar surface area (TPSA) is 0 Å². The lowest BCUT2D eigenvalue weighted by Crippen LogP contribution is -2.33. The van der Waals surface area contributed by atoms with Crippen molar-refractivity contribution in [3.63, 3.8) is 0 Å². The van der Waals surface area contributed by atoms with E-state index < -0.39 is 0 Å². The zero-order chi connectivity index (χ0) is 20.5. The van der Waals surface area contributed by atoms with E-state index in [1.807, 2.05) is 0 Å². The highest BCUT2D eigenvalue weighted by molar-refractivity contribution is 4.85. The zero-order valence-corrected chi connectivity index (χ0v) is 20.5. The van der Waals surface area contributed by atoms with Crippen LogP contribution in [-0.4, -0.2) is 0 Å². The van der Waals surface area contributed by atoms with Gasteiger partial charge in [0, 0.05) is 0 Å². The second kappa shape index (κ2) is 16.9. The molecule has 0 nitrogen and oxygen atoms in total. The maximum Gasteiger partial charge on any atom is -0.0298 e. The van der Waals surface area contributed by atoms with Crippen LogP contribution in [0.2, 0.25) is 0 Å². The number of rotatable bonds is 19. The maximum absolute atomic E-state index is 2.64. The van der Waals surface area contributed by atoms with Crippen molar-refractivity contribution in [3.05, 3.63) is 0 Å². The molecule has 27 heavy (non-hydrogen) atoms. The molecule has 0 aromatic heterocycles. The highest BCUT2D eigenvalue weighted by atomic mass is 14.4. The van der Waals surface area contributed by atoms with Gasteiger partial charge in [0.25, 0.3) is 0 Å². The third-order valence-electron chi connectivity index (χ3n) is 7.75. The Balaban J connectivity index is 4.67. The van der Waals surface area contributed by atoms with Crippen LogP contribution in [0.1, 0.15) is 151 Å². The van der Waals surface area contributed by atoms with E-state index in [4.69, 9.17) is 0 Å². The van der Waals surface area contributed by atoms with Gasteiger partial charge in [0.1, 0.15) is 0 Å². The fourth-order valence-corrected chi connectivity index (χ4v) is 4.95. The van der Waals surface area contributed by atoms with Crippen LogP contribution in [0.3, 0.4) is 0 Å². The molecule has 0 spiro atoms. The van der Waals surface area contributed by atoms with Crippen LogP contribution >= 0.6 is 0 Å². The molecule has 0 heteroatoms. The molecule has 0 amide bonds. The molecule has 0 saturated carbocycles. The normalized spacial score (nSPS) is 17.4.